The molecule has 0 amide bonds. The predicted molar refractivity (Wildman–Crippen MR) is 65.7 cm³/mol. The number of nitrogens with zero attached hydrogens (tertiary/aromatic N) is 1. The summed E-state index contributed by atoms with van der Waals surface area (Å²) in [6, 6.07) is 3.98. The summed E-state index contributed by atoms with van der Waals surface area (Å²) in [6.07, 6.45) is 2.11. The molecule has 0 radical (unpaired) electrons. The molecule has 0 saturated carbocycles. The summed E-state index contributed by atoms with van der Waals surface area (Å²) in [6.45, 7) is 1.35. The molecule has 0 bridgehead atoms. The summed E-state index contributed by atoms with van der Waals surface area (Å²) in [5.74, 6) is -0.537. The van der Waals surface area contributed by atoms with Crippen molar-refractivity contribution in [1.29, 1.82) is 0 Å². The Kier molecular flexibility index (Phi) is 3.72. The van der Waals surface area contributed by atoms with E-state index in [0.29, 0.717) is 24.9 Å². The molecule has 5 heteroatoms. The molecule has 18 heavy (non-hydrogen) atoms. The van der Waals surface area contributed by atoms with Gasteiger partial charge < -0.3 is 15.3 Å². The molecule has 1 aromatic rings. The average Bonchev–Trinajstić information content (AvgIpc) is 2.79. The maximum absolute atomic E-state index is 11.0. The highest BCUT2D eigenvalue weighted by Gasteiger charge is 2.29. The second-order valence-corrected chi connectivity index (χ2v) is 4.60. The second kappa shape index (κ2) is 5.27. The Balaban J connectivity index is 1.99. The smallest absolute Gasteiger partial charge is 0.320 e. The number of carboxylic acid groups (broad SMARTS) is 1. The van der Waals surface area contributed by atoms with E-state index >= 15 is 0 Å². The van der Waals surface area contributed by atoms with Crippen LogP contribution in [0.3, 0.4) is 0 Å². The van der Waals surface area contributed by atoms with Gasteiger partial charge in [0.15, 0.2) is 0 Å². The van der Waals surface area contributed by atoms with Crippen molar-refractivity contribution < 1.29 is 20.1 Å². The first kappa shape index (κ1) is 12.7. The molecule has 1 atom stereocenters. The van der Waals surface area contributed by atoms with Crippen molar-refractivity contribution >= 4 is 5.97 Å². The number of hydrogen-bond donors (Lipinski definition) is 3. The molecule has 0 aliphatic carbocycles. The van der Waals surface area contributed by atoms with Gasteiger partial charge in [0.25, 0.3) is 0 Å². The highest BCUT2D eigenvalue weighted by atomic mass is 16.4. The van der Waals surface area contributed by atoms with Crippen LogP contribution in [0.5, 0.6) is 11.5 Å². The second-order valence-electron chi connectivity index (χ2n) is 4.60. The summed E-state index contributed by atoms with van der Waals surface area (Å²) >= 11 is 0. The van der Waals surface area contributed by atoms with Crippen LogP contribution in [0.25, 0.3) is 0 Å². The zero-order valence-corrected chi connectivity index (χ0v) is 10.0. The number of carbonyl (C=O) groups is 1. The molecule has 1 aliphatic rings. The number of benzene rings is 1. The van der Waals surface area contributed by atoms with Gasteiger partial charge in [0.2, 0.25) is 0 Å². The Hall–Kier alpha value is -1.75. The monoisotopic (exact) mass is 251 g/mol. The first-order valence-electron chi connectivity index (χ1n) is 6.05. The van der Waals surface area contributed by atoms with Crippen LogP contribution in [-0.4, -0.2) is 45.3 Å². The molecule has 1 fully saturated rings. The van der Waals surface area contributed by atoms with Gasteiger partial charge in [-0.15, -0.1) is 0 Å². The first-order valence-corrected chi connectivity index (χ1v) is 6.05. The molecule has 98 valence electrons. The lowest BCUT2D eigenvalue weighted by Crippen LogP contribution is -2.37. The van der Waals surface area contributed by atoms with E-state index < -0.39 is 12.0 Å². The summed E-state index contributed by atoms with van der Waals surface area (Å²) in [4.78, 5) is 12.9. The van der Waals surface area contributed by atoms with Crippen molar-refractivity contribution in [3.05, 3.63) is 23.8 Å². The third-order valence-electron chi connectivity index (χ3n) is 3.38. The molecule has 5 nitrogen and oxygen atoms in total. The van der Waals surface area contributed by atoms with Crippen LogP contribution >= 0.6 is 0 Å². The molecule has 1 aromatic carbocycles. The topological polar surface area (TPSA) is 81.0 Å². The average molecular weight is 251 g/mol. The summed E-state index contributed by atoms with van der Waals surface area (Å²) in [5, 5.41) is 28.0. The number of phenolic OH excluding ortho intramolecular Hbond substituents is 2. The van der Waals surface area contributed by atoms with E-state index in [1.165, 1.54) is 18.2 Å². The van der Waals surface area contributed by atoms with Gasteiger partial charge in [-0.25, -0.2) is 0 Å². The maximum Gasteiger partial charge on any atom is 0.320 e. The molecule has 1 aliphatic heterocycles. The fourth-order valence-corrected chi connectivity index (χ4v) is 2.41. The zero-order valence-electron chi connectivity index (χ0n) is 10.0. The summed E-state index contributed by atoms with van der Waals surface area (Å²) in [7, 11) is 0. The van der Waals surface area contributed by atoms with Crippen LogP contribution in [-0.2, 0) is 11.2 Å². The Labute approximate surface area is 105 Å². The van der Waals surface area contributed by atoms with Gasteiger partial charge in [0.1, 0.15) is 17.5 Å². The first-order chi connectivity index (χ1) is 8.58. The Morgan fingerprint density at radius 3 is 2.89 bits per heavy atom. The number of likely N-dealkylation sites (tertiary alicyclic amines) is 1. The quantitative estimate of drug-likeness (QED) is 0.700. The zero-order chi connectivity index (χ0) is 13.1. The Morgan fingerprint density at radius 2 is 2.17 bits per heavy atom. The standard InChI is InChI=1S/C13H17NO4/c15-10-3-4-12(16)9(8-10)5-7-14-6-1-2-11(14)13(17)18/h3-4,8,11,15-16H,1-2,5-7H2,(H,17,18). The number of hydrogen-bond acceptors (Lipinski definition) is 4. The minimum Gasteiger partial charge on any atom is -0.508 e. The van der Waals surface area contributed by atoms with E-state index in [0.717, 1.165) is 13.0 Å². The molecule has 0 spiro atoms. The number of aromatic hydroxyl groups is 2. The Bertz CT molecular complexity index is 447. The van der Waals surface area contributed by atoms with Gasteiger partial charge in [-0.05, 0) is 49.6 Å². The molecule has 2 rings (SSSR count). The normalized spacial score (nSPS) is 20.1. The lowest BCUT2D eigenvalue weighted by Gasteiger charge is -2.21. The SMILES string of the molecule is O=C(O)C1CCCN1CCc1cc(O)ccc1O. The number of phenols is 2. The molecular formula is C13H17NO4. The van der Waals surface area contributed by atoms with Crippen LogP contribution in [0.1, 0.15) is 18.4 Å². The number of aliphatic carboxylic acids is 1. The fraction of sp³-hybridized carbons (Fsp3) is 0.462. The molecular weight excluding hydrogens is 234 g/mol. The molecule has 1 saturated heterocycles. The van der Waals surface area contributed by atoms with Gasteiger partial charge in [-0.1, -0.05) is 0 Å². The number of rotatable bonds is 4. The van der Waals surface area contributed by atoms with Gasteiger partial charge in [-0.2, -0.15) is 0 Å². The van der Waals surface area contributed by atoms with E-state index in [1.54, 1.807) is 0 Å². The van der Waals surface area contributed by atoms with E-state index in [1.807, 2.05) is 4.90 Å². The van der Waals surface area contributed by atoms with Crippen molar-refractivity contribution in [1.82, 2.24) is 4.90 Å². The fourth-order valence-electron chi connectivity index (χ4n) is 2.41. The maximum atomic E-state index is 11.0. The van der Waals surface area contributed by atoms with Crippen molar-refractivity contribution in [2.45, 2.75) is 25.3 Å². The van der Waals surface area contributed by atoms with Gasteiger partial charge >= 0.3 is 5.97 Å². The van der Waals surface area contributed by atoms with Gasteiger partial charge in [0.05, 0.1) is 0 Å². The van der Waals surface area contributed by atoms with E-state index in [4.69, 9.17) is 5.11 Å². The number of carboxylic acids is 1. The van der Waals surface area contributed by atoms with Crippen LogP contribution in [0.15, 0.2) is 18.2 Å². The third-order valence-corrected chi connectivity index (χ3v) is 3.38. The van der Waals surface area contributed by atoms with E-state index in [2.05, 4.69) is 0 Å². The summed E-state index contributed by atoms with van der Waals surface area (Å²) in [5.41, 5.74) is 0.644. The highest BCUT2D eigenvalue weighted by Crippen LogP contribution is 2.24. The molecule has 1 unspecified atom stereocenters. The minimum absolute atomic E-state index is 0.110. The largest absolute Gasteiger partial charge is 0.508 e. The predicted octanol–water partition coefficient (Wildman–Crippen LogP) is 1.19. The Morgan fingerprint density at radius 1 is 1.39 bits per heavy atom. The van der Waals surface area contributed by atoms with Crippen molar-refractivity contribution in [3.8, 4) is 11.5 Å². The lowest BCUT2D eigenvalue weighted by molar-refractivity contribution is -0.142. The van der Waals surface area contributed by atoms with Crippen LogP contribution in [0, 0.1) is 0 Å². The molecule has 3 N–H and O–H groups in total. The van der Waals surface area contributed by atoms with Crippen LogP contribution in [0.4, 0.5) is 0 Å². The van der Waals surface area contributed by atoms with Crippen molar-refractivity contribution in [3.63, 3.8) is 0 Å². The van der Waals surface area contributed by atoms with Crippen molar-refractivity contribution in [2.24, 2.45) is 0 Å². The molecule has 0 aromatic heterocycles. The van der Waals surface area contributed by atoms with Crippen molar-refractivity contribution in [2.75, 3.05) is 13.1 Å². The van der Waals surface area contributed by atoms with Crippen LogP contribution in [0.2, 0.25) is 0 Å². The highest BCUT2D eigenvalue weighted by molar-refractivity contribution is 5.73. The third kappa shape index (κ3) is 2.73. The minimum atomic E-state index is -0.785. The molecule has 1 heterocycles. The van der Waals surface area contributed by atoms with E-state index in [9.17, 15) is 15.0 Å². The van der Waals surface area contributed by atoms with E-state index in [-0.39, 0.29) is 11.5 Å². The van der Waals surface area contributed by atoms with Gasteiger partial charge in [-0.3, -0.25) is 9.69 Å². The van der Waals surface area contributed by atoms with Gasteiger partial charge in [0, 0.05) is 6.54 Å². The van der Waals surface area contributed by atoms with Crippen LogP contribution < -0.4 is 0 Å². The lowest BCUT2D eigenvalue weighted by atomic mass is 10.1. The summed E-state index contributed by atoms with van der Waals surface area (Å²) < 4.78 is 0.